The van der Waals surface area contributed by atoms with Crippen molar-refractivity contribution >= 4 is 45.5 Å². The van der Waals surface area contributed by atoms with E-state index in [2.05, 4.69) is 26.9 Å². The number of hydrogen-bond donors (Lipinski definition) is 2. The first-order valence-corrected chi connectivity index (χ1v) is 9.65. The fourth-order valence-corrected chi connectivity index (χ4v) is 3.75. The van der Waals surface area contributed by atoms with Crippen LogP contribution in [-0.4, -0.2) is 29.0 Å². The fourth-order valence-electron chi connectivity index (χ4n) is 2.18. The first kappa shape index (κ1) is 18.7. The summed E-state index contributed by atoms with van der Waals surface area (Å²) in [6.45, 7) is 0. The van der Waals surface area contributed by atoms with Crippen LogP contribution in [0, 0.1) is 11.3 Å². The van der Waals surface area contributed by atoms with Crippen LogP contribution in [0.4, 0.5) is 16.5 Å². The average Bonchev–Trinajstić information content (AvgIpc) is 3.14. The number of ether oxygens (including phenoxy) is 1. The molecule has 27 heavy (non-hydrogen) atoms. The third-order valence-corrected chi connectivity index (χ3v) is 5.38. The zero-order valence-electron chi connectivity index (χ0n) is 14.3. The molecule has 3 aromatic rings. The molecule has 1 heterocycles. The zero-order chi connectivity index (χ0) is 19.1. The van der Waals surface area contributed by atoms with Crippen LogP contribution in [0.3, 0.4) is 0 Å². The summed E-state index contributed by atoms with van der Waals surface area (Å²) in [7, 11) is 1.60. The summed E-state index contributed by atoms with van der Waals surface area (Å²) >= 11 is 2.63. The highest BCUT2D eigenvalue weighted by Crippen LogP contribution is 2.31. The van der Waals surface area contributed by atoms with E-state index in [0.29, 0.717) is 26.5 Å². The van der Waals surface area contributed by atoms with E-state index in [9.17, 15) is 4.79 Å². The van der Waals surface area contributed by atoms with Gasteiger partial charge in [0.15, 0.2) is 4.34 Å². The van der Waals surface area contributed by atoms with Crippen molar-refractivity contribution in [1.82, 2.24) is 10.2 Å². The second kappa shape index (κ2) is 9.02. The van der Waals surface area contributed by atoms with Crippen molar-refractivity contribution in [3.8, 4) is 11.8 Å². The van der Waals surface area contributed by atoms with Crippen LogP contribution in [0.25, 0.3) is 0 Å². The topological polar surface area (TPSA) is 99.9 Å². The lowest BCUT2D eigenvalue weighted by atomic mass is 10.2. The van der Waals surface area contributed by atoms with Gasteiger partial charge in [0.05, 0.1) is 29.8 Å². The van der Waals surface area contributed by atoms with Gasteiger partial charge in [-0.2, -0.15) is 5.26 Å². The van der Waals surface area contributed by atoms with Crippen LogP contribution >= 0.6 is 23.1 Å². The van der Waals surface area contributed by atoms with Gasteiger partial charge in [-0.15, -0.1) is 10.2 Å². The van der Waals surface area contributed by atoms with Crippen LogP contribution in [-0.2, 0) is 4.79 Å². The molecule has 9 heteroatoms. The molecule has 1 aromatic heterocycles. The van der Waals surface area contributed by atoms with Crippen LogP contribution in [0.2, 0.25) is 0 Å². The number of aromatic nitrogens is 2. The number of nitrogens with zero attached hydrogens (tertiary/aromatic N) is 3. The molecule has 0 atom stereocenters. The number of rotatable bonds is 7. The van der Waals surface area contributed by atoms with Gasteiger partial charge >= 0.3 is 0 Å². The molecule has 2 N–H and O–H groups in total. The van der Waals surface area contributed by atoms with E-state index in [1.54, 1.807) is 31.4 Å². The van der Waals surface area contributed by atoms with Gasteiger partial charge < -0.3 is 15.4 Å². The normalized spacial score (nSPS) is 10.1. The van der Waals surface area contributed by atoms with E-state index < -0.39 is 0 Å². The third-order valence-electron chi connectivity index (χ3n) is 3.40. The highest BCUT2D eigenvalue weighted by Gasteiger charge is 2.11. The second-order valence-corrected chi connectivity index (χ2v) is 7.39. The Morgan fingerprint density at radius 2 is 1.93 bits per heavy atom. The predicted octanol–water partition coefficient (Wildman–Crippen LogP) is 3.89. The molecule has 3 rings (SSSR count). The number of nitrogens with one attached hydrogen (secondary N) is 2. The van der Waals surface area contributed by atoms with Crippen molar-refractivity contribution in [2.24, 2.45) is 0 Å². The first-order valence-electron chi connectivity index (χ1n) is 7.85. The lowest BCUT2D eigenvalue weighted by molar-refractivity contribution is -0.113. The highest BCUT2D eigenvalue weighted by molar-refractivity contribution is 8.01. The van der Waals surface area contributed by atoms with Gasteiger partial charge in [0.1, 0.15) is 11.8 Å². The van der Waals surface area contributed by atoms with Gasteiger partial charge in [0.2, 0.25) is 11.0 Å². The van der Waals surface area contributed by atoms with E-state index in [-0.39, 0.29) is 11.7 Å². The molecule has 2 aromatic carbocycles. The maximum Gasteiger partial charge on any atom is 0.234 e. The van der Waals surface area contributed by atoms with E-state index in [1.165, 1.54) is 23.1 Å². The van der Waals surface area contributed by atoms with E-state index >= 15 is 0 Å². The van der Waals surface area contributed by atoms with Gasteiger partial charge in [-0.05, 0) is 24.3 Å². The molecule has 0 radical (unpaired) electrons. The monoisotopic (exact) mass is 397 g/mol. The van der Waals surface area contributed by atoms with Crippen molar-refractivity contribution in [2.45, 2.75) is 4.34 Å². The molecular formula is C18H15N5O2S2. The summed E-state index contributed by atoms with van der Waals surface area (Å²) in [6.07, 6.45) is 0. The highest BCUT2D eigenvalue weighted by atomic mass is 32.2. The summed E-state index contributed by atoms with van der Waals surface area (Å²) < 4.78 is 5.95. The summed E-state index contributed by atoms with van der Waals surface area (Å²) in [5.74, 6) is 0.665. The molecule has 7 nitrogen and oxygen atoms in total. The minimum atomic E-state index is -0.211. The summed E-state index contributed by atoms with van der Waals surface area (Å²) in [5, 5.41) is 23.7. The molecule has 0 aliphatic rings. The molecule has 1 amide bonds. The average molecular weight is 397 g/mol. The minimum Gasteiger partial charge on any atom is -0.495 e. The number of amides is 1. The number of carbonyl (C=O) groups is 1. The maximum absolute atomic E-state index is 12.1. The lowest BCUT2D eigenvalue weighted by Crippen LogP contribution is -2.14. The largest absolute Gasteiger partial charge is 0.495 e. The Bertz CT molecular complexity index is 984. The number of anilines is 3. The fraction of sp³-hybridized carbons (Fsp3) is 0.111. The van der Waals surface area contributed by atoms with E-state index in [1.807, 2.05) is 24.3 Å². The molecule has 0 saturated heterocycles. The molecule has 0 spiro atoms. The Morgan fingerprint density at radius 3 is 2.70 bits per heavy atom. The Balaban J connectivity index is 1.56. The van der Waals surface area contributed by atoms with Crippen molar-refractivity contribution in [3.05, 3.63) is 54.1 Å². The van der Waals surface area contributed by atoms with Gasteiger partial charge in [-0.1, -0.05) is 47.4 Å². The van der Waals surface area contributed by atoms with Crippen molar-refractivity contribution in [3.63, 3.8) is 0 Å². The molecular weight excluding hydrogens is 382 g/mol. The Kier molecular flexibility index (Phi) is 6.25. The first-order chi connectivity index (χ1) is 13.2. The molecule has 0 aliphatic heterocycles. The van der Waals surface area contributed by atoms with Gasteiger partial charge in [0, 0.05) is 0 Å². The summed E-state index contributed by atoms with van der Waals surface area (Å²) in [6, 6.07) is 16.4. The van der Waals surface area contributed by atoms with Gasteiger partial charge in [-0.3, -0.25) is 4.79 Å². The van der Waals surface area contributed by atoms with Crippen LogP contribution in [0.15, 0.2) is 52.9 Å². The van der Waals surface area contributed by atoms with Crippen molar-refractivity contribution in [2.75, 3.05) is 23.5 Å². The Hall–Kier alpha value is -3.09. The molecule has 0 bridgehead atoms. The van der Waals surface area contributed by atoms with E-state index in [0.717, 1.165) is 5.69 Å². The standard InChI is InChI=1S/C18H15N5O2S2/c1-25-15-9-5-4-8-14(15)21-17-22-23-18(27-17)26-11-16(24)20-13-7-3-2-6-12(13)10-19/h2-9H,11H2,1H3,(H,20,24)(H,21,22). The minimum absolute atomic E-state index is 0.170. The number of methoxy groups -OCH3 is 1. The van der Waals surface area contributed by atoms with Gasteiger partial charge in [0.25, 0.3) is 0 Å². The molecule has 136 valence electrons. The smallest absolute Gasteiger partial charge is 0.234 e. The molecule has 0 unspecified atom stereocenters. The molecule has 0 saturated carbocycles. The summed E-state index contributed by atoms with van der Waals surface area (Å²) in [4.78, 5) is 12.1. The number of carbonyl (C=O) groups excluding carboxylic acids is 1. The molecule has 0 aliphatic carbocycles. The number of hydrogen-bond acceptors (Lipinski definition) is 8. The Morgan fingerprint density at radius 1 is 1.19 bits per heavy atom. The molecule has 0 fully saturated rings. The van der Waals surface area contributed by atoms with Crippen molar-refractivity contribution < 1.29 is 9.53 Å². The third kappa shape index (κ3) is 4.97. The van der Waals surface area contributed by atoms with Crippen LogP contribution in [0.1, 0.15) is 5.56 Å². The lowest BCUT2D eigenvalue weighted by Gasteiger charge is -2.07. The predicted molar refractivity (Wildman–Crippen MR) is 107 cm³/mol. The summed E-state index contributed by atoms with van der Waals surface area (Å²) in [5.41, 5.74) is 1.72. The maximum atomic E-state index is 12.1. The van der Waals surface area contributed by atoms with Crippen molar-refractivity contribution in [1.29, 1.82) is 5.26 Å². The Labute approximate surface area is 164 Å². The SMILES string of the molecule is COc1ccccc1Nc1nnc(SCC(=O)Nc2ccccc2C#N)s1. The van der Waals surface area contributed by atoms with Crippen LogP contribution < -0.4 is 15.4 Å². The number of thioether (sulfide) groups is 1. The second-order valence-electron chi connectivity index (χ2n) is 5.19. The van der Waals surface area contributed by atoms with E-state index in [4.69, 9.17) is 10.00 Å². The number of benzene rings is 2. The number of nitriles is 1. The van der Waals surface area contributed by atoms with Crippen LogP contribution in [0.5, 0.6) is 5.75 Å². The quantitative estimate of drug-likeness (QED) is 0.583. The van der Waals surface area contributed by atoms with Gasteiger partial charge in [-0.25, -0.2) is 0 Å². The number of para-hydroxylation sites is 3. The zero-order valence-corrected chi connectivity index (χ0v) is 15.9.